The first-order chi connectivity index (χ1) is 9.72. The summed E-state index contributed by atoms with van der Waals surface area (Å²) < 4.78 is 27.4. The number of nitrogens with one attached hydrogen (secondary N) is 2. The van der Waals surface area contributed by atoms with E-state index in [1.165, 1.54) is 12.1 Å². The van der Waals surface area contributed by atoms with Gasteiger partial charge in [0, 0.05) is 5.69 Å². The van der Waals surface area contributed by atoms with Crippen molar-refractivity contribution < 1.29 is 18.3 Å². The van der Waals surface area contributed by atoms with Gasteiger partial charge in [0.1, 0.15) is 0 Å². The standard InChI is InChI=1S/C14H20N2O4S/c1-4-14(3,8-17)16-21(19,20)10-5-6-12-11(7-10)9(2)13(18)15-12/h5-7,9,16-17H,4,8H2,1-3H3,(H,15,18). The lowest BCUT2D eigenvalue weighted by molar-refractivity contribution is -0.116. The van der Waals surface area contributed by atoms with Gasteiger partial charge in [-0.05, 0) is 44.0 Å². The Hall–Kier alpha value is -1.44. The number of benzene rings is 1. The van der Waals surface area contributed by atoms with Crippen molar-refractivity contribution in [1.82, 2.24) is 4.72 Å². The molecule has 1 aliphatic heterocycles. The van der Waals surface area contributed by atoms with E-state index in [2.05, 4.69) is 10.0 Å². The molecule has 21 heavy (non-hydrogen) atoms. The highest BCUT2D eigenvalue weighted by Gasteiger charge is 2.31. The fourth-order valence-corrected chi connectivity index (χ4v) is 3.67. The smallest absolute Gasteiger partial charge is 0.241 e. The maximum absolute atomic E-state index is 12.4. The number of carbonyl (C=O) groups is 1. The molecule has 0 spiro atoms. The molecule has 0 bridgehead atoms. The normalized spacial score (nSPS) is 20.8. The number of aliphatic hydroxyl groups excluding tert-OH is 1. The van der Waals surface area contributed by atoms with Gasteiger partial charge in [-0.1, -0.05) is 6.92 Å². The first-order valence-corrected chi connectivity index (χ1v) is 8.30. The van der Waals surface area contributed by atoms with E-state index < -0.39 is 15.6 Å². The van der Waals surface area contributed by atoms with Crippen molar-refractivity contribution in [1.29, 1.82) is 0 Å². The number of sulfonamides is 1. The average Bonchev–Trinajstić information content (AvgIpc) is 2.73. The molecular formula is C14H20N2O4S. The molecule has 7 heteroatoms. The Morgan fingerprint density at radius 3 is 2.67 bits per heavy atom. The Morgan fingerprint density at radius 1 is 1.43 bits per heavy atom. The lowest BCUT2D eigenvalue weighted by Gasteiger charge is -2.26. The largest absolute Gasteiger partial charge is 0.394 e. The van der Waals surface area contributed by atoms with Crippen LogP contribution in [0.1, 0.15) is 38.7 Å². The minimum atomic E-state index is -3.75. The second-order valence-electron chi connectivity index (χ2n) is 5.64. The van der Waals surface area contributed by atoms with Crippen molar-refractivity contribution in [2.75, 3.05) is 11.9 Å². The molecule has 1 amide bonds. The van der Waals surface area contributed by atoms with E-state index in [0.29, 0.717) is 17.7 Å². The number of amides is 1. The van der Waals surface area contributed by atoms with Crippen LogP contribution in [0.25, 0.3) is 0 Å². The van der Waals surface area contributed by atoms with Crippen LogP contribution in [0.3, 0.4) is 0 Å². The predicted molar refractivity (Wildman–Crippen MR) is 79.6 cm³/mol. The van der Waals surface area contributed by atoms with Gasteiger partial charge in [0.15, 0.2) is 0 Å². The van der Waals surface area contributed by atoms with E-state index in [1.54, 1.807) is 26.8 Å². The molecule has 6 nitrogen and oxygen atoms in total. The van der Waals surface area contributed by atoms with E-state index in [-0.39, 0.29) is 23.3 Å². The zero-order chi connectivity index (χ0) is 15.8. The number of rotatable bonds is 5. The molecule has 0 saturated carbocycles. The molecule has 2 atom stereocenters. The molecular weight excluding hydrogens is 292 g/mol. The van der Waals surface area contributed by atoms with Gasteiger partial charge in [0.05, 0.1) is 23.0 Å². The Kier molecular flexibility index (Phi) is 4.10. The summed E-state index contributed by atoms with van der Waals surface area (Å²) in [6, 6.07) is 4.55. The predicted octanol–water partition coefficient (Wildman–Crippen LogP) is 1.18. The van der Waals surface area contributed by atoms with Crippen molar-refractivity contribution in [3.63, 3.8) is 0 Å². The fourth-order valence-electron chi connectivity index (χ4n) is 2.16. The molecule has 0 radical (unpaired) electrons. The van der Waals surface area contributed by atoms with Gasteiger partial charge in [0.25, 0.3) is 0 Å². The molecule has 0 aliphatic carbocycles. The van der Waals surface area contributed by atoms with Crippen LogP contribution < -0.4 is 10.0 Å². The number of hydrogen-bond donors (Lipinski definition) is 3. The second-order valence-corrected chi connectivity index (χ2v) is 7.32. The number of anilines is 1. The summed E-state index contributed by atoms with van der Waals surface area (Å²) >= 11 is 0. The molecule has 2 unspecified atom stereocenters. The Balaban J connectivity index is 2.37. The van der Waals surface area contributed by atoms with Crippen LogP contribution in [0.5, 0.6) is 0 Å². The van der Waals surface area contributed by atoms with Crippen molar-refractivity contribution in [3.05, 3.63) is 23.8 Å². The van der Waals surface area contributed by atoms with E-state index in [9.17, 15) is 18.3 Å². The number of aliphatic hydroxyl groups is 1. The highest BCUT2D eigenvalue weighted by molar-refractivity contribution is 7.89. The Bertz CT molecular complexity index is 666. The minimum absolute atomic E-state index is 0.0951. The number of fused-ring (bicyclic) bond motifs is 1. The SMILES string of the molecule is CCC(C)(CO)NS(=O)(=O)c1ccc2c(c1)C(C)C(=O)N2. The first-order valence-electron chi connectivity index (χ1n) is 6.82. The second kappa shape index (κ2) is 5.40. The van der Waals surface area contributed by atoms with Gasteiger partial charge < -0.3 is 10.4 Å². The lowest BCUT2D eigenvalue weighted by Crippen LogP contribution is -2.48. The van der Waals surface area contributed by atoms with Crippen molar-refractivity contribution in [2.24, 2.45) is 0 Å². The third-order valence-electron chi connectivity index (χ3n) is 3.96. The molecule has 116 valence electrons. The van der Waals surface area contributed by atoms with E-state index in [1.807, 2.05) is 0 Å². The molecule has 0 aromatic heterocycles. The summed E-state index contributed by atoms with van der Waals surface area (Å²) in [6.07, 6.45) is 0.462. The molecule has 1 aromatic carbocycles. The van der Waals surface area contributed by atoms with Crippen LogP contribution >= 0.6 is 0 Å². The molecule has 1 aromatic rings. The van der Waals surface area contributed by atoms with E-state index in [4.69, 9.17) is 0 Å². The highest BCUT2D eigenvalue weighted by atomic mass is 32.2. The molecule has 2 rings (SSSR count). The molecule has 0 fully saturated rings. The number of hydrogen-bond acceptors (Lipinski definition) is 4. The third kappa shape index (κ3) is 2.95. The summed E-state index contributed by atoms with van der Waals surface area (Å²) in [5.41, 5.74) is 0.411. The lowest BCUT2D eigenvalue weighted by atomic mass is 10.0. The van der Waals surface area contributed by atoms with Crippen LogP contribution in [0.15, 0.2) is 23.1 Å². The summed E-state index contributed by atoms with van der Waals surface area (Å²) in [4.78, 5) is 11.7. The van der Waals surface area contributed by atoms with E-state index >= 15 is 0 Å². The summed E-state index contributed by atoms with van der Waals surface area (Å²) in [7, 11) is -3.75. The number of carbonyl (C=O) groups excluding carboxylic acids is 1. The van der Waals surface area contributed by atoms with Crippen molar-refractivity contribution >= 4 is 21.6 Å². The third-order valence-corrected chi connectivity index (χ3v) is 5.60. The highest BCUT2D eigenvalue weighted by Crippen LogP contribution is 2.33. The molecule has 3 N–H and O–H groups in total. The summed E-state index contributed by atoms with van der Waals surface area (Å²) in [6.45, 7) is 4.89. The first kappa shape index (κ1) is 15.9. The van der Waals surface area contributed by atoms with Gasteiger partial charge >= 0.3 is 0 Å². The average molecular weight is 312 g/mol. The monoisotopic (exact) mass is 312 g/mol. The van der Waals surface area contributed by atoms with Gasteiger partial charge in [-0.2, -0.15) is 0 Å². The maximum Gasteiger partial charge on any atom is 0.241 e. The topological polar surface area (TPSA) is 95.5 Å². The van der Waals surface area contributed by atoms with Crippen LogP contribution in [0, 0.1) is 0 Å². The van der Waals surface area contributed by atoms with Crippen LogP contribution in [0.4, 0.5) is 5.69 Å². The Labute approximate surface area is 124 Å². The van der Waals surface area contributed by atoms with Crippen LogP contribution in [-0.4, -0.2) is 31.6 Å². The zero-order valence-electron chi connectivity index (χ0n) is 12.3. The van der Waals surface area contributed by atoms with Gasteiger partial charge in [0.2, 0.25) is 15.9 Å². The van der Waals surface area contributed by atoms with Crippen molar-refractivity contribution in [3.8, 4) is 0 Å². The Morgan fingerprint density at radius 2 is 2.10 bits per heavy atom. The van der Waals surface area contributed by atoms with Crippen LogP contribution in [0.2, 0.25) is 0 Å². The quantitative estimate of drug-likeness (QED) is 0.761. The fraction of sp³-hybridized carbons (Fsp3) is 0.500. The van der Waals surface area contributed by atoms with E-state index in [0.717, 1.165) is 0 Å². The van der Waals surface area contributed by atoms with Gasteiger partial charge in [-0.15, -0.1) is 0 Å². The van der Waals surface area contributed by atoms with Crippen LogP contribution in [-0.2, 0) is 14.8 Å². The zero-order valence-corrected chi connectivity index (χ0v) is 13.1. The maximum atomic E-state index is 12.4. The van der Waals surface area contributed by atoms with Crippen molar-refractivity contribution in [2.45, 2.75) is 43.5 Å². The minimum Gasteiger partial charge on any atom is -0.394 e. The summed E-state index contributed by atoms with van der Waals surface area (Å²) in [5, 5.41) is 12.0. The van der Waals surface area contributed by atoms with Gasteiger partial charge in [-0.3, -0.25) is 4.79 Å². The molecule has 1 heterocycles. The molecule has 1 aliphatic rings. The van der Waals surface area contributed by atoms with Gasteiger partial charge in [-0.25, -0.2) is 13.1 Å². The molecule has 0 saturated heterocycles. The summed E-state index contributed by atoms with van der Waals surface area (Å²) in [5.74, 6) is -0.508.